The summed E-state index contributed by atoms with van der Waals surface area (Å²) in [5.74, 6) is -0.111. The number of amides is 2. The SMILES string of the molecule is O=C(CCc1cccc(Cl)c1)Nc1ccc(N2CCOCC2=O)cc1. The molecule has 1 fully saturated rings. The Balaban J connectivity index is 1.54. The number of carbonyl (C=O) groups excluding carboxylic acids is 2. The van der Waals surface area contributed by atoms with Gasteiger partial charge in [0.1, 0.15) is 6.61 Å². The summed E-state index contributed by atoms with van der Waals surface area (Å²) in [6, 6.07) is 14.8. The van der Waals surface area contributed by atoms with Crippen molar-refractivity contribution in [2.24, 2.45) is 0 Å². The fourth-order valence-electron chi connectivity index (χ4n) is 2.69. The first kappa shape index (κ1) is 17.5. The molecule has 1 aliphatic heterocycles. The number of hydrogen-bond acceptors (Lipinski definition) is 3. The van der Waals surface area contributed by atoms with E-state index in [9.17, 15) is 9.59 Å². The largest absolute Gasteiger partial charge is 0.370 e. The maximum absolute atomic E-state index is 12.1. The Morgan fingerprint density at radius 1 is 1.20 bits per heavy atom. The summed E-state index contributed by atoms with van der Waals surface area (Å²) in [5.41, 5.74) is 2.55. The molecule has 0 aromatic heterocycles. The second-order valence-corrected chi connectivity index (χ2v) is 6.26. The molecule has 130 valence electrons. The lowest BCUT2D eigenvalue weighted by atomic mass is 10.1. The third kappa shape index (κ3) is 4.81. The van der Waals surface area contributed by atoms with Crippen molar-refractivity contribution in [2.45, 2.75) is 12.8 Å². The number of nitrogens with zero attached hydrogens (tertiary/aromatic N) is 1. The molecule has 1 heterocycles. The molecule has 1 N–H and O–H groups in total. The first-order valence-electron chi connectivity index (χ1n) is 8.14. The van der Waals surface area contributed by atoms with Gasteiger partial charge in [-0.15, -0.1) is 0 Å². The van der Waals surface area contributed by atoms with Gasteiger partial charge in [-0.1, -0.05) is 23.7 Å². The molecule has 1 aliphatic rings. The van der Waals surface area contributed by atoms with Gasteiger partial charge in [0.15, 0.2) is 0 Å². The minimum absolute atomic E-state index is 0.0513. The van der Waals surface area contributed by atoms with Gasteiger partial charge >= 0.3 is 0 Å². The van der Waals surface area contributed by atoms with Crippen LogP contribution in [0, 0.1) is 0 Å². The highest BCUT2D eigenvalue weighted by Crippen LogP contribution is 2.20. The van der Waals surface area contributed by atoms with Crippen LogP contribution in [0.15, 0.2) is 48.5 Å². The highest BCUT2D eigenvalue weighted by Gasteiger charge is 2.19. The predicted octanol–water partition coefficient (Wildman–Crippen LogP) is 3.27. The van der Waals surface area contributed by atoms with Crippen molar-refractivity contribution < 1.29 is 14.3 Å². The van der Waals surface area contributed by atoms with Crippen molar-refractivity contribution in [2.75, 3.05) is 30.0 Å². The van der Waals surface area contributed by atoms with E-state index in [0.717, 1.165) is 11.3 Å². The van der Waals surface area contributed by atoms with E-state index in [0.29, 0.717) is 36.7 Å². The lowest BCUT2D eigenvalue weighted by molar-refractivity contribution is -0.125. The normalized spacial score (nSPS) is 14.4. The van der Waals surface area contributed by atoms with Crippen LogP contribution in [0.4, 0.5) is 11.4 Å². The average Bonchev–Trinajstić information content (AvgIpc) is 2.61. The molecule has 3 rings (SSSR count). The van der Waals surface area contributed by atoms with Crippen molar-refractivity contribution in [3.05, 3.63) is 59.1 Å². The van der Waals surface area contributed by atoms with Crippen LogP contribution in [0.3, 0.4) is 0 Å². The van der Waals surface area contributed by atoms with E-state index in [1.807, 2.05) is 36.4 Å². The number of morpholine rings is 1. The molecule has 1 saturated heterocycles. The number of anilines is 2. The van der Waals surface area contributed by atoms with Crippen molar-refractivity contribution >= 4 is 34.8 Å². The lowest BCUT2D eigenvalue weighted by Crippen LogP contribution is -2.41. The monoisotopic (exact) mass is 358 g/mol. The van der Waals surface area contributed by atoms with Crippen LogP contribution < -0.4 is 10.2 Å². The van der Waals surface area contributed by atoms with Gasteiger partial charge in [-0.3, -0.25) is 9.59 Å². The summed E-state index contributed by atoms with van der Waals surface area (Å²) in [5, 5.41) is 3.54. The molecule has 5 nitrogen and oxygen atoms in total. The topological polar surface area (TPSA) is 58.6 Å². The third-order valence-electron chi connectivity index (χ3n) is 3.98. The Morgan fingerprint density at radius 2 is 2.00 bits per heavy atom. The summed E-state index contributed by atoms with van der Waals surface area (Å²) in [7, 11) is 0. The zero-order valence-corrected chi connectivity index (χ0v) is 14.5. The molecule has 0 radical (unpaired) electrons. The van der Waals surface area contributed by atoms with Crippen LogP contribution in [0.1, 0.15) is 12.0 Å². The quantitative estimate of drug-likeness (QED) is 0.892. The summed E-state index contributed by atoms with van der Waals surface area (Å²) >= 11 is 5.94. The van der Waals surface area contributed by atoms with Crippen LogP contribution in [-0.4, -0.2) is 31.6 Å². The molecule has 2 aromatic rings. The summed E-state index contributed by atoms with van der Waals surface area (Å²) in [4.78, 5) is 25.6. The minimum atomic E-state index is -0.0600. The number of carbonyl (C=O) groups is 2. The fourth-order valence-corrected chi connectivity index (χ4v) is 2.90. The summed E-state index contributed by atoms with van der Waals surface area (Å²) in [6.45, 7) is 1.19. The van der Waals surface area contributed by atoms with Gasteiger partial charge in [-0.25, -0.2) is 0 Å². The van der Waals surface area contributed by atoms with Crippen molar-refractivity contribution in [1.82, 2.24) is 0 Å². The molecular weight excluding hydrogens is 340 g/mol. The number of rotatable bonds is 5. The molecule has 0 saturated carbocycles. The number of halogens is 1. The zero-order valence-electron chi connectivity index (χ0n) is 13.7. The molecule has 2 amide bonds. The molecule has 2 aromatic carbocycles. The van der Waals surface area contributed by atoms with Crippen molar-refractivity contribution in [3.63, 3.8) is 0 Å². The Bertz CT molecular complexity index is 762. The van der Waals surface area contributed by atoms with E-state index >= 15 is 0 Å². The van der Waals surface area contributed by atoms with Crippen molar-refractivity contribution in [3.8, 4) is 0 Å². The van der Waals surface area contributed by atoms with Gasteiger partial charge in [0.05, 0.1) is 6.61 Å². The van der Waals surface area contributed by atoms with Gasteiger partial charge in [0.25, 0.3) is 5.91 Å². The van der Waals surface area contributed by atoms with Crippen LogP contribution in [0.25, 0.3) is 0 Å². The van der Waals surface area contributed by atoms with Gasteiger partial charge in [-0.05, 0) is 48.4 Å². The summed E-state index contributed by atoms with van der Waals surface area (Å²) in [6.07, 6.45) is 1.01. The molecule has 0 bridgehead atoms. The average molecular weight is 359 g/mol. The predicted molar refractivity (Wildman–Crippen MR) is 98.0 cm³/mol. The van der Waals surface area contributed by atoms with Gasteiger partial charge in [-0.2, -0.15) is 0 Å². The van der Waals surface area contributed by atoms with Crippen molar-refractivity contribution in [1.29, 1.82) is 0 Å². The number of ether oxygens (including phenoxy) is 1. The summed E-state index contributed by atoms with van der Waals surface area (Å²) < 4.78 is 5.12. The number of nitrogens with one attached hydrogen (secondary N) is 1. The number of hydrogen-bond donors (Lipinski definition) is 1. The minimum Gasteiger partial charge on any atom is -0.370 e. The second kappa shape index (κ2) is 8.14. The van der Waals surface area contributed by atoms with E-state index in [1.165, 1.54) is 0 Å². The molecule has 25 heavy (non-hydrogen) atoms. The number of benzene rings is 2. The smallest absolute Gasteiger partial charge is 0.253 e. The van der Waals surface area contributed by atoms with Crippen LogP contribution in [0.2, 0.25) is 5.02 Å². The Hall–Kier alpha value is -2.37. The molecule has 0 unspecified atom stereocenters. The second-order valence-electron chi connectivity index (χ2n) is 5.82. The molecule has 6 heteroatoms. The zero-order chi connectivity index (χ0) is 17.6. The molecular formula is C19H19ClN2O3. The van der Waals surface area contributed by atoms with Crippen LogP contribution in [-0.2, 0) is 20.7 Å². The highest BCUT2D eigenvalue weighted by molar-refractivity contribution is 6.30. The molecule has 0 aliphatic carbocycles. The lowest BCUT2D eigenvalue weighted by Gasteiger charge is -2.26. The van der Waals surface area contributed by atoms with E-state index in [2.05, 4.69) is 5.32 Å². The van der Waals surface area contributed by atoms with E-state index in [1.54, 1.807) is 17.0 Å². The first-order valence-corrected chi connectivity index (χ1v) is 8.52. The first-order chi connectivity index (χ1) is 12.1. The van der Waals surface area contributed by atoms with E-state index < -0.39 is 0 Å². The maximum atomic E-state index is 12.1. The standard InChI is InChI=1S/C19H19ClN2O3/c20-15-3-1-2-14(12-15)4-9-18(23)21-16-5-7-17(8-6-16)22-10-11-25-13-19(22)24/h1-3,5-8,12H,4,9-11,13H2,(H,21,23). The van der Waals surface area contributed by atoms with Gasteiger partial charge < -0.3 is 15.0 Å². The van der Waals surface area contributed by atoms with Crippen LogP contribution >= 0.6 is 11.6 Å². The van der Waals surface area contributed by atoms with E-state index in [4.69, 9.17) is 16.3 Å². The number of aryl methyl sites for hydroxylation is 1. The van der Waals surface area contributed by atoms with Gasteiger partial charge in [0, 0.05) is 29.4 Å². The molecule has 0 spiro atoms. The Kier molecular flexibility index (Phi) is 5.68. The van der Waals surface area contributed by atoms with Gasteiger partial charge in [0.2, 0.25) is 5.91 Å². The third-order valence-corrected chi connectivity index (χ3v) is 4.21. The maximum Gasteiger partial charge on any atom is 0.253 e. The Morgan fingerprint density at radius 3 is 2.72 bits per heavy atom. The molecule has 0 atom stereocenters. The van der Waals surface area contributed by atoms with E-state index in [-0.39, 0.29) is 18.4 Å². The highest BCUT2D eigenvalue weighted by atomic mass is 35.5. The fraction of sp³-hybridized carbons (Fsp3) is 0.263. The Labute approximate surface area is 151 Å². The van der Waals surface area contributed by atoms with Crippen LogP contribution in [0.5, 0.6) is 0 Å².